The Balaban J connectivity index is 1.71. The number of carbonyl (C=O) groups is 1. The van der Waals surface area contributed by atoms with E-state index in [4.69, 9.17) is 4.52 Å². The average Bonchev–Trinajstić information content (AvgIpc) is 2.82. The highest BCUT2D eigenvalue weighted by atomic mass is 16.5. The lowest BCUT2D eigenvalue weighted by atomic mass is 10.1. The van der Waals surface area contributed by atoms with Crippen molar-refractivity contribution < 1.29 is 9.32 Å². The third kappa shape index (κ3) is 3.45. The lowest BCUT2D eigenvalue weighted by Crippen LogP contribution is -2.24. The van der Waals surface area contributed by atoms with Crippen LogP contribution in [0.3, 0.4) is 0 Å². The van der Waals surface area contributed by atoms with Gasteiger partial charge in [-0.15, -0.1) is 0 Å². The number of aromatic nitrogens is 1. The van der Waals surface area contributed by atoms with E-state index in [1.54, 1.807) is 13.0 Å². The van der Waals surface area contributed by atoms with Gasteiger partial charge in [0.15, 0.2) is 0 Å². The van der Waals surface area contributed by atoms with E-state index in [0.29, 0.717) is 12.2 Å². The average molecular weight is 244 g/mol. The van der Waals surface area contributed by atoms with Gasteiger partial charge in [0.2, 0.25) is 5.76 Å². The molecule has 94 valence electrons. The van der Waals surface area contributed by atoms with Crippen LogP contribution in [0.4, 0.5) is 0 Å². The highest BCUT2D eigenvalue weighted by Crippen LogP contribution is 2.03. The summed E-state index contributed by atoms with van der Waals surface area (Å²) < 4.78 is 4.88. The third-order valence-electron chi connectivity index (χ3n) is 2.62. The lowest BCUT2D eigenvalue weighted by Gasteiger charge is -2.02. The molecule has 0 aliphatic carbocycles. The van der Waals surface area contributed by atoms with Gasteiger partial charge in [-0.05, 0) is 25.3 Å². The zero-order valence-electron chi connectivity index (χ0n) is 10.3. The summed E-state index contributed by atoms with van der Waals surface area (Å²) >= 11 is 0. The van der Waals surface area contributed by atoms with Crippen molar-refractivity contribution in [1.82, 2.24) is 10.5 Å². The molecule has 0 spiro atoms. The maximum absolute atomic E-state index is 11.6. The molecular formula is C14H16N2O2. The quantitative estimate of drug-likeness (QED) is 0.821. The predicted molar refractivity (Wildman–Crippen MR) is 68.3 cm³/mol. The molecule has 1 amide bonds. The normalized spacial score (nSPS) is 10.3. The number of nitrogens with zero attached hydrogens (tertiary/aromatic N) is 1. The molecule has 1 aromatic carbocycles. The van der Waals surface area contributed by atoms with E-state index in [1.807, 2.05) is 18.2 Å². The summed E-state index contributed by atoms with van der Waals surface area (Å²) in [5.74, 6) is 0.0656. The van der Waals surface area contributed by atoms with Crippen molar-refractivity contribution >= 4 is 5.91 Å². The monoisotopic (exact) mass is 244 g/mol. The zero-order chi connectivity index (χ0) is 12.8. The van der Waals surface area contributed by atoms with Gasteiger partial charge in [0.25, 0.3) is 5.91 Å². The first-order chi connectivity index (χ1) is 8.75. The fraction of sp³-hybridized carbons (Fsp3) is 0.286. The third-order valence-corrected chi connectivity index (χ3v) is 2.62. The van der Waals surface area contributed by atoms with Crippen LogP contribution in [-0.2, 0) is 6.42 Å². The van der Waals surface area contributed by atoms with Crippen molar-refractivity contribution in [2.24, 2.45) is 0 Å². The fourth-order valence-corrected chi connectivity index (χ4v) is 1.70. The number of nitrogens with one attached hydrogen (secondary N) is 1. The molecule has 4 nitrogen and oxygen atoms in total. The molecule has 0 atom stereocenters. The molecule has 0 bridgehead atoms. The second kappa shape index (κ2) is 6.00. The van der Waals surface area contributed by atoms with E-state index in [2.05, 4.69) is 22.6 Å². The Labute approximate surface area is 106 Å². The number of rotatable bonds is 5. The molecule has 0 fully saturated rings. The molecule has 1 aromatic heterocycles. The molecule has 18 heavy (non-hydrogen) atoms. The second-order valence-electron chi connectivity index (χ2n) is 4.18. The van der Waals surface area contributed by atoms with Crippen LogP contribution in [0.15, 0.2) is 40.9 Å². The first-order valence-electron chi connectivity index (χ1n) is 6.01. The Morgan fingerprint density at radius 2 is 2.11 bits per heavy atom. The summed E-state index contributed by atoms with van der Waals surface area (Å²) in [5.41, 5.74) is 1.99. The maximum Gasteiger partial charge on any atom is 0.289 e. The largest absolute Gasteiger partial charge is 0.351 e. The van der Waals surface area contributed by atoms with E-state index < -0.39 is 0 Å². The molecule has 0 saturated carbocycles. The van der Waals surface area contributed by atoms with Crippen molar-refractivity contribution in [2.75, 3.05) is 6.54 Å². The van der Waals surface area contributed by atoms with Crippen LogP contribution in [0, 0.1) is 6.92 Å². The van der Waals surface area contributed by atoms with Gasteiger partial charge >= 0.3 is 0 Å². The number of carbonyl (C=O) groups excluding carboxylic acids is 1. The van der Waals surface area contributed by atoms with Gasteiger partial charge in [-0.3, -0.25) is 4.79 Å². The fourth-order valence-electron chi connectivity index (χ4n) is 1.70. The van der Waals surface area contributed by atoms with Crippen LogP contribution < -0.4 is 5.32 Å². The van der Waals surface area contributed by atoms with Gasteiger partial charge in [0.05, 0.1) is 5.69 Å². The standard InChI is InChI=1S/C14H16N2O2/c1-11-10-13(18-16-11)14(17)15-9-5-8-12-6-3-2-4-7-12/h2-4,6-7,10H,5,8-9H2,1H3,(H,15,17). The predicted octanol–water partition coefficient (Wildman–Crippen LogP) is 2.35. The summed E-state index contributed by atoms with van der Waals surface area (Å²) in [5, 5.41) is 6.49. The number of benzene rings is 1. The summed E-state index contributed by atoms with van der Waals surface area (Å²) in [4.78, 5) is 11.6. The van der Waals surface area contributed by atoms with Crippen LogP contribution in [0.5, 0.6) is 0 Å². The van der Waals surface area contributed by atoms with E-state index in [9.17, 15) is 4.79 Å². The van der Waals surface area contributed by atoms with Crippen LogP contribution in [0.25, 0.3) is 0 Å². The van der Waals surface area contributed by atoms with Gasteiger partial charge < -0.3 is 9.84 Å². The SMILES string of the molecule is Cc1cc(C(=O)NCCCc2ccccc2)on1. The van der Waals surface area contributed by atoms with Crippen LogP contribution in [0.2, 0.25) is 0 Å². The van der Waals surface area contributed by atoms with Gasteiger partial charge in [-0.1, -0.05) is 35.5 Å². The van der Waals surface area contributed by atoms with Gasteiger partial charge in [0.1, 0.15) is 0 Å². The van der Waals surface area contributed by atoms with Crippen molar-refractivity contribution in [3.05, 3.63) is 53.4 Å². The van der Waals surface area contributed by atoms with Crippen molar-refractivity contribution in [2.45, 2.75) is 19.8 Å². The zero-order valence-corrected chi connectivity index (χ0v) is 10.3. The van der Waals surface area contributed by atoms with E-state index in [0.717, 1.165) is 12.8 Å². The van der Waals surface area contributed by atoms with Crippen LogP contribution in [0.1, 0.15) is 28.2 Å². The van der Waals surface area contributed by atoms with Crippen LogP contribution in [-0.4, -0.2) is 17.6 Å². The van der Waals surface area contributed by atoms with Gasteiger partial charge in [-0.25, -0.2) is 0 Å². The van der Waals surface area contributed by atoms with Crippen molar-refractivity contribution in [3.63, 3.8) is 0 Å². The smallest absolute Gasteiger partial charge is 0.289 e. The minimum absolute atomic E-state index is 0.205. The minimum Gasteiger partial charge on any atom is -0.351 e. The summed E-state index contributed by atoms with van der Waals surface area (Å²) in [7, 11) is 0. The molecule has 0 aliphatic heterocycles. The summed E-state index contributed by atoms with van der Waals surface area (Å²) in [6.45, 7) is 2.42. The van der Waals surface area contributed by atoms with Crippen molar-refractivity contribution in [3.8, 4) is 0 Å². The van der Waals surface area contributed by atoms with Gasteiger partial charge in [-0.2, -0.15) is 0 Å². The number of aryl methyl sites for hydroxylation is 2. The van der Waals surface area contributed by atoms with E-state index in [1.165, 1.54) is 5.56 Å². The number of hydrogen-bond acceptors (Lipinski definition) is 3. The van der Waals surface area contributed by atoms with Crippen molar-refractivity contribution in [1.29, 1.82) is 0 Å². The highest BCUT2D eigenvalue weighted by molar-refractivity contribution is 5.91. The Kier molecular flexibility index (Phi) is 4.12. The molecule has 0 unspecified atom stereocenters. The van der Waals surface area contributed by atoms with E-state index in [-0.39, 0.29) is 11.7 Å². The number of hydrogen-bond donors (Lipinski definition) is 1. The second-order valence-corrected chi connectivity index (χ2v) is 4.18. The molecule has 0 radical (unpaired) electrons. The van der Waals surface area contributed by atoms with Gasteiger partial charge in [0, 0.05) is 12.6 Å². The molecular weight excluding hydrogens is 228 g/mol. The molecule has 2 rings (SSSR count). The maximum atomic E-state index is 11.6. The van der Waals surface area contributed by atoms with E-state index >= 15 is 0 Å². The Hall–Kier alpha value is -2.10. The van der Waals surface area contributed by atoms with Crippen LogP contribution >= 0.6 is 0 Å². The highest BCUT2D eigenvalue weighted by Gasteiger charge is 2.10. The molecule has 0 saturated heterocycles. The Bertz CT molecular complexity index is 506. The molecule has 1 N–H and O–H groups in total. The summed E-state index contributed by atoms with van der Waals surface area (Å²) in [6.07, 6.45) is 1.86. The summed E-state index contributed by atoms with van der Waals surface area (Å²) in [6, 6.07) is 11.8. The Morgan fingerprint density at radius 1 is 1.33 bits per heavy atom. The first-order valence-corrected chi connectivity index (χ1v) is 6.01. The minimum atomic E-state index is -0.205. The Morgan fingerprint density at radius 3 is 2.78 bits per heavy atom. The molecule has 0 aliphatic rings. The number of amides is 1. The topological polar surface area (TPSA) is 55.1 Å². The first kappa shape index (κ1) is 12.4. The molecule has 1 heterocycles. The lowest BCUT2D eigenvalue weighted by molar-refractivity contribution is 0.0916. The molecule has 2 aromatic rings. The molecule has 4 heteroatoms.